The molecule has 0 fully saturated rings. The van der Waals surface area contributed by atoms with E-state index in [4.69, 9.17) is 4.98 Å². The number of nitrogens with zero attached hydrogens (tertiary/aromatic N) is 4. The maximum absolute atomic E-state index is 12.8. The van der Waals surface area contributed by atoms with Crippen LogP contribution in [-0.4, -0.2) is 19.5 Å². The van der Waals surface area contributed by atoms with Crippen molar-refractivity contribution in [2.45, 2.75) is 30.8 Å². The number of pyridine rings is 1. The molecule has 4 rings (SSSR count). The van der Waals surface area contributed by atoms with Gasteiger partial charge in [0.1, 0.15) is 5.01 Å². The van der Waals surface area contributed by atoms with Crippen molar-refractivity contribution in [1.29, 1.82) is 0 Å². The third-order valence-corrected chi connectivity index (χ3v) is 5.98. The van der Waals surface area contributed by atoms with Crippen molar-refractivity contribution in [3.05, 3.63) is 70.1 Å². The SMILES string of the molecule is CCCn1c(SCc2csc(-c3ccccn3)n2)nc2ccccc2c1=O. The molecule has 0 unspecified atom stereocenters. The zero-order chi connectivity index (χ0) is 18.6. The Morgan fingerprint density at radius 3 is 2.78 bits per heavy atom. The molecule has 0 atom stereocenters. The van der Waals surface area contributed by atoms with Crippen LogP contribution in [0.2, 0.25) is 0 Å². The highest BCUT2D eigenvalue weighted by Gasteiger charge is 2.12. The first kappa shape index (κ1) is 17.9. The van der Waals surface area contributed by atoms with Crippen molar-refractivity contribution < 1.29 is 0 Å². The molecule has 136 valence electrons. The Morgan fingerprint density at radius 2 is 1.96 bits per heavy atom. The lowest BCUT2D eigenvalue weighted by Crippen LogP contribution is -2.23. The fourth-order valence-electron chi connectivity index (χ4n) is 2.80. The maximum atomic E-state index is 12.8. The second kappa shape index (κ2) is 8.02. The molecular formula is C20H18N4OS2. The van der Waals surface area contributed by atoms with Gasteiger partial charge in [0.15, 0.2) is 5.16 Å². The normalized spacial score (nSPS) is 11.1. The van der Waals surface area contributed by atoms with Crippen molar-refractivity contribution in [3.8, 4) is 10.7 Å². The standard InChI is InChI=1S/C20H18N4OS2/c1-2-11-24-19(25)15-7-3-4-8-16(15)23-20(24)27-13-14-12-26-18(22-14)17-9-5-6-10-21-17/h3-10,12H,2,11,13H2,1H3. The fraction of sp³-hybridized carbons (Fsp3) is 0.200. The largest absolute Gasteiger partial charge is 0.287 e. The van der Waals surface area contributed by atoms with E-state index in [9.17, 15) is 4.79 Å². The molecule has 0 aliphatic heterocycles. The van der Waals surface area contributed by atoms with Crippen LogP contribution in [-0.2, 0) is 12.3 Å². The Labute approximate surface area is 165 Å². The van der Waals surface area contributed by atoms with Gasteiger partial charge in [0.2, 0.25) is 0 Å². The van der Waals surface area contributed by atoms with E-state index < -0.39 is 0 Å². The lowest BCUT2D eigenvalue weighted by molar-refractivity contribution is 0.584. The smallest absolute Gasteiger partial charge is 0.262 e. The molecular weight excluding hydrogens is 376 g/mol. The summed E-state index contributed by atoms with van der Waals surface area (Å²) in [7, 11) is 0. The molecule has 7 heteroatoms. The summed E-state index contributed by atoms with van der Waals surface area (Å²) in [4.78, 5) is 26.6. The van der Waals surface area contributed by atoms with E-state index in [1.54, 1.807) is 33.9 Å². The minimum atomic E-state index is 0.0254. The molecule has 5 nitrogen and oxygen atoms in total. The molecule has 0 aliphatic carbocycles. The average Bonchev–Trinajstić information content (AvgIpc) is 3.19. The van der Waals surface area contributed by atoms with Gasteiger partial charge in [-0.2, -0.15) is 0 Å². The first-order valence-corrected chi connectivity index (χ1v) is 10.6. The van der Waals surface area contributed by atoms with Crippen molar-refractivity contribution in [3.63, 3.8) is 0 Å². The number of benzene rings is 1. The van der Waals surface area contributed by atoms with Crippen LogP contribution >= 0.6 is 23.1 Å². The number of thioether (sulfide) groups is 1. The number of para-hydroxylation sites is 1. The predicted molar refractivity (Wildman–Crippen MR) is 111 cm³/mol. The molecule has 3 aromatic heterocycles. The predicted octanol–water partition coefficient (Wildman–Crippen LogP) is 4.62. The van der Waals surface area contributed by atoms with Crippen molar-refractivity contribution in [2.75, 3.05) is 0 Å². The van der Waals surface area contributed by atoms with Crippen molar-refractivity contribution in [1.82, 2.24) is 19.5 Å². The molecule has 3 heterocycles. The second-order valence-electron chi connectivity index (χ2n) is 6.02. The third-order valence-electron chi connectivity index (χ3n) is 4.06. The Kier molecular flexibility index (Phi) is 5.31. The zero-order valence-electron chi connectivity index (χ0n) is 14.8. The van der Waals surface area contributed by atoms with Gasteiger partial charge in [0.05, 0.1) is 22.3 Å². The number of hydrogen-bond acceptors (Lipinski definition) is 6. The zero-order valence-corrected chi connectivity index (χ0v) is 16.5. The Hall–Kier alpha value is -2.51. The summed E-state index contributed by atoms with van der Waals surface area (Å²) >= 11 is 3.14. The van der Waals surface area contributed by atoms with Gasteiger partial charge < -0.3 is 0 Å². The lowest BCUT2D eigenvalue weighted by Gasteiger charge is -2.11. The van der Waals surface area contributed by atoms with E-state index in [-0.39, 0.29) is 5.56 Å². The summed E-state index contributed by atoms with van der Waals surface area (Å²) in [5.41, 5.74) is 2.61. The Bertz CT molecular complexity index is 1120. The van der Waals surface area contributed by atoms with Gasteiger partial charge >= 0.3 is 0 Å². The van der Waals surface area contributed by atoms with E-state index in [1.807, 2.05) is 47.8 Å². The first-order chi connectivity index (χ1) is 13.3. The van der Waals surface area contributed by atoms with Crippen LogP contribution in [0.5, 0.6) is 0 Å². The highest BCUT2D eigenvalue weighted by molar-refractivity contribution is 7.98. The Balaban J connectivity index is 1.61. The van der Waals surface area contributed by atoms with Gasteiger partial charge in [0, 0.05) is 23.9 Å². The molecule has 0 amide bonds. The van der Waals surface area contributed by atoms with Crippen molar-refractivity contribution in [2.24, 2.45) is 0 Å². The molecule has 0 bridgehead atoms. The molecule has 27 heavy (non-hydrogen) atoms. The average molecular weight is 395 g/mol. The molecule has 0 radical (unpaired) electrons. The van der Waals surface area contributed by atoms with Gasteiger partial charge in [-0.1, -0.05) is 36.9 Å². The van der Waals surface area contributed by atoms with E-state index >= 15 is 0 Å². The molecule has 0 aliphatic rings. The van der Waals surface area contributed by atoms with Crippen LogP contribution in [0.4, 0.5) is 0 Å². The summed E-state index contributed by atoms with van der Waals surface area (Å²) in [5.74, 6) is 0.665. The molecule has 0 saturated heterocycles. The summed E-state index contributed by atoms with van der Waals surface area (Å²) in [6, 6.07) is 13.3. The number of rotatable bonds is 6. The van der Waals surface area contributed by atoms with E-state index in [2.05, 4.69) is 16.9 Å². The van der Waals surface area contributed by atoms with Crippen LogP contribution in [0.1, 0.15) is 19.0 Å². The highest BCUT2D eigenvalue weighted by Crippen LogP contribution is 2.26. The maximum Gasteiger partial charge on any atom is 0.262 e. The highest BCUT2D eigenvalue weighted by atomic mass is 32.2. The number of aromatic nitrogens is 4. The van der Waals surface area contributed by atoms with Gasteiger partial charge in [0.25, 0.3) is 5.56 Å². The van der Waals surface area contributed by atoms with Gasteiger partial charge in [-0.25, -0.2) is 9.97 Å². The lowest BCUT2D eigenvalue weighted by atomic mass is 10.2. The molecule has 4 aromatic rings. The monoisotopic (exact) mass is 394 g/mol. The van der Waals surface area contributed by atoms with Crippen LogP contribution in [0.25, 0.3) is 21.6 Å². The fourth-order valence-corrected chi connectivity index (χ4v) is 4.62. The summed E-state index contributed by atoms with van der Waals surface area (Å²) in [6.45, 7) is 2.73. The number of hydrogen-bond donors (Lipinski definition) is 0. The van der Waals surface area contributed by atoms with Crippen LogP contribution < -0.4 is 5.56 Å². The summed E-state index contributed by atoms with van der Waals surface area (Å²) in [5, 5.41) is 4.36. The molecule has 0 saturated carbocycles. The van der Waals surface area contributed by atoms with Gasteiger partial charge in [-0.3, -0.25) is 14.3 Å². The van der Waals surface area contributed by atoms with E-state index in [0.717, 1.165) is 33.5 Å². The van der Waals surface area contributed by atoms with Gasteiger partial charge in [-0.15, -0.1) is 11.3 Å². The summed E-state index contributed by atoms with van der Waals surface area (Å²) < 4.78 is 1.78. The quantitative estimate of drug-likeness (QED) is 0.353. The minimum absolute atomic E-state index is 0.0254. The van der Waals surface area contributed by atoms with E-state index in [1.165, 1.54) is 0 Å². The van der Waals surface area contributed by atoms with Crippen molar-refractivity contribution >= 4 is 34.0 Å². The number of fused-ring (bicyclic) bond motifs is 1. The molecule has 0 N–H and O–H groups in total. The first-order valence-electron chi connectivity index (χ1n) is 8.74. The van der Waals surface area contributed by atoms with Crippen LogP contribution in [0, 0.1) is 0 Å². The Morgan fingerprint density at radius 1 is 1.11 bits per heavy atom. The van der Waals surface area contributed by atoms with Gasteiger partial charge in [-0.05, 0) is 30.7 Å². The molecule has 0 spiro atoms. The topological polar surface area (TPSA) is 60.7 Å². The van der Waals surface area contributed by atoms with Crippen LogP contribution in [0.3, 0.4) is 0 Å². The summed E-state index contributed by atoms with van der Waals surface area (Å²) in [6.07, 6.45) is 2.65. The second-order valence-corrected chi connectivity index (χ2v) is 7.82. The van der Waals surface area contributed by atoms with E-state index in [0.29, 0.717) is 17.7 Å². The minimum Gasteiger partial charge on any atom is -0.287 e. The number of thiazole rings is 1. The molecule has 1 aromatic carbocycles. The third kappa shape index (κ3) is 3.79. The van der Waals surface area contributed by atoms with Crippen LogP contribution in [0.15, 0.2) is 64.0 Å².